The minimum Gasteiger partial charge on any atom is -0.462 e. The molecule has 0 saturated heterocycles. The average molecular weight is 357 g/mol. The Hall–Kier alpha value is -2.40. The molecule has 5 heteroatoms. The van der Waals surface area contributed by atoms with E-state index in [4.69, 9.17) is 4.74 Å². The minimum atomic E-state index is -0.383. The molecule has 1 aromatic carbocycles. The molecule has 0 radical (unpaired) electrons. The molecule has 5 nitrogen and oxygen atoms in total. The largest absolute Gasteiger partial charge is 0.462 e. The number of quaternary nitrogens is 1. The van der Waals surface area contributed by atoms with Gasteiger partial charge in [-0.15, -0.1) is 0 Å². The van der Waals surface area contributed by atoms with Gasteiger partial charge in [0.15, 0.2) is 6.04 Å². The summed E-state index contributed by atoms with van der Waals surface area (Å²) in [7, 11) is 2.02. The third-order valence-corrected chi connectivity index (χ3v) is 5.03. The molecule has 140 valence electrons. The van der Waals surface area contributed by atoms with Crippen LogP contribution in [0.15, 0.2) is 24.3 Å². The third-order valence-electron chi connectivity index (χ3n) is 5.03. The number of aryl methyl sites for hydroxylation is 2. The number of esters is 1. The van der Waals surface area contributed by atoms with Crippen LogP contribution >= 0.6 is 0 Å². The van der Waals surface area contributed by atoms with Crippen molar-refractivity contribution in [2.24, 2.45) is 0 Å². The lowest BCUT2D eigenvalue weighted by Crippen LogP contribution is -3.12. The van der Waals surface area contributed by atoms with E-state index < -0.39 is 0 Å². The van der Waals surface area contributed by atoms with Crippen LogP contribution in [0.1, 0.15) is 57.1 Å². The fraction of sp³-hybridized carbons (Fsp3) is 0.429. The summed E-state index contributed by atoms with van der Waals surface area (Å²) in [6.07, 6.45) is 0. The second kappa shape index (κ2) is 8.32. The van der Waals surface area contributed by atoms with Crippen LogP contribution in [-0.2, 0) is 11.3 Å². The van der Waals surface area contributed by atoms with E-state index in [-0.39, 0.29) is 17.8 Å². The first-order chi connectivity index (χ1) is 12.3. The molecule has 2 atom stereocenters. The zero-order chi connectivity index (χ0) is 19.4. The van der Waals surface area contributed by atoms with Crippen molar-refractivity contribution in [3.63, 3.8) is 0 Å². The van der Waals surface area contributed by atoms with Crippen LogP contribution in [0.4, 0.5) is 0 Å². The highest BCUT2D eigenvalue weighted by molar-refractivity contribution is 6.03. The SMILES string of the molecule is CCOC(=O)c1c(C)[nH]c(C(=O)[C@@H](C)[NH+](C)Cc2ccccc2C)c1C. The van der Waals surface area contributed by atoms with Gasteiger partial charge in [0.05, 0.1) is 24.9 Å². The van der Waals surface area contributed by atoms with Gasteiger partial charge in [-0.2, -0.15) is 0 Å². The Morgan fingerprint density at radius 3 is 2.46 bits per heavy atom. The van der Waals surface area contributed by atoms with Crippen molar-refractivity contribution in [1.82, 2.24) is 4.98 Å². The maximum Gasteiger partial charge on any atom is 0.340 e. The van der Waals surface area contributed by atoms with Crippen molar-refractivity contribution in [3.05, 3.63) is 57.9 Å². The predicted molar refractivity (Wildman–Crippen MR) is 102 cm³/mol. The molecule has 2 N–H and O–H groups in total. The zero-order valence-corrected chi connectivity index (χ0v) is 16.5. The standard InChI is InChI=1S/C21H28N2O3/c1-7-26-21(25)18-14(3)19(22-15(18)4)20(24)16(5)23(6)12-17-11-9-8-10-13(17)2/h8-11,16,22H,7,12H2,1-6H3/p+1/t16-/m1/s1. The number of carbonyl (C=O) groups is 2. The van der Waals surface area contributed by atoms with Crippen LogP contribution in [0, 0.1) is 20.8 Å². The van der Waals surface area contributed by atoms with E-state index in [2.05, 4.69) is 24.0 Å². The monoisotopic (exact) mass is 357 g/mol. The van der Waals surface area contributed by atoms with Gasteiger partial charge in [0.2, 0.25) is 5.78 Å². The van der Waals surface area contributed by atoms with Crippen LogP contribution < -0.4 is 4.90 Å². The summed E-state index contributed by atoms with van der Waals surface area (Å²) in [6, 6.07) is 7.98. The van der Waals surface area contributed by atoms with E-state index in [1.807, 2.05) is 26.1 Å². The maximum atomic E-state index is 13.0. The number of benzene rings is 1. The molecule has 0 spiro atoms. The quantitative estimate of drug-likeness (QED) is 0.591. The lowest BCUT2D eigenvalue weighted by Gasteiger charge is -2.21. The minimum absolute atomic E-state index is 0.00670. The van der Waals surface area contributed by atoms with E-state index in [0.717, 1.165) is 11.4 Å². The molecule has 0 saturated carbocycles. The number of nitrogens with one attached hydrogen (secondary N) is 2. The Labute approximate surface area is 155 Å². The molecule has 0 aliphatic carbocycles. The summed E-state index contributed by atoms with van der Waals surface area (Å²) >= 11 is 0. The van der Waals surface area contributed by atoms with Gasteiger partial charge < -0.3 is 14.6 Å². The topological polar surface area (TPSA) is 63.6 Å². The van der Waals surface area contributed by atoms with Crippen molar-refractivity contribution < 1.29 is 19.2 Å². The first kappa shape index (κ1) is 19.9. The molecule has 1 aromatic heterocycles. The van der Waals surface area contributed by atoms with E-state index in [0.29, 0.717) is 29.1 Å². The molecule has 2 rings (SSSR count). The average Bonchev–Trinajstić information content (AvgIpc) is 2.90. The lowest BCUT2D eigenvalue weighted by molar-refractivity contribution is -0.907. The van der Waals surface area contributed by atoms with Gasteiger partial charge in [0, 0.05) is 11.3 Å². The highest BCUT2D eigenvalue weighted by Crippen LogP contribution is 2.20. The molecule has 0 aliphatic rings. The van der Waals surface area contributed by atoms with Gasteiger partial charge in [0.1, 0.15) is 6.54 Å². The molecule has 0 aliphatic heterocycles. The Morgan fingerprint density at radius 2 is 1.85 bits per heavy atom. The number of Topliss-reactive ketones (excluding diaryl/α,β-unsaturated/α-hetero) is 1. The number of carbonyl (C=O) groups excluding carboxylic acids is 2. The number of ketones is 1. The third kappa shape index (κ3) is 4.05. The van der Waals surface area contributed by atoms with E-state index in [1.54, 1.807) is 20.8 Å². The van der Waals surface area contributed by atoms with Crippen LogP contribution in [0.2, 0.25) is 0 Å². The van der Waals surface area contributed by atoms with Gasteiger partial charge in [-0.3, -0.25) is 4.79 Å². The summed E-state index contributed by atoms with van der Waals surface area (Å²) in [5, 5.41) is 0. The number of aromatic amines is 1. The number of likely N-dealkylation sites (N-methyl/N-ethyl adjacent to an activating group) is 1. The van der Waals surface area contributed by atoms with Crippen LogP contribution in [0.25, 0.3) is 0 Å². The maximum absolute atomic E-state index is 13.0. The van der Waals surface area contributed by atoms with Gasteiger partial charge in [-0.1, -0.05) is 24.3 Å². The summed E-state index contributed by atoms with van der Waals surface area (Å²) in [5.41, 5.74) is 4.77. The van der Waals surface area contributed by atoms with E-state index >= 15 is 0 Å². The van der Waals surface area contributed by atoms with Crippen molar-refractivity contribution in [1.29, 1.82) is 0 Å². The lowest BCUT2D eigenvalue weighted by atomic mass is 10.0. The van der Waals surface area contributed by atoms with Gasteiger partial charge >= 0.3 is 5.97 Å². The normalized spacial score (nSPS) is 13.3. The number of aromatic nitrogens is 1. The number of hydrogen-bond acceptors (Lipinski definition) is 3. The molecular formula is C21H29N2O3+. The fourth-order valence-electron chi connectivity index (χ4n) is 3.21. The molecule has 0 amide bonds. The number of H-pyrrole nitrogens is 1. The van der Waals surface area contributed by atoms with E-state index in [9.17, 15) is 9.59 Å². The van der Waals surface area contributed by atoms with Crippen molar-refractivity contribution in [2.45, 2.75) is 47.2 Å². The van der Waals surface area contributed by atoms with Crippen LogP contribution in [-0.4, -0.2) is 36.4 Å². The smallest absolute Gasteiger partial charge is 0.340 e. The number of rotatable bonds is 7. The zero-order valence-electron chi connectivity index (χ0n) is 16.5. The predicted octanol–water partition coefficient (Wildman–Crippen LogP) is 2.40. The number of hydrogen-bond donors (Lipinski definition) is 2. The Bertz CT molecular complexity index is 808. The summed E-state index contributed by atoms with van der Waals surface area (Å²) in [4.78, 5) is 29.4. The van der Waals surface area contributed by atoms with Gasteiger partial charge in [0.25, 0.3) is 0 Å². The molecule has 1 unspecified atom stereocenters. The molecule has 2 aromatic rings. The molecule has 0 bridgehead atoms. The molecule has 1 heterocycles. The molecule has 26 heavy (non-hydrogen) atoms. The second-order valence-corrected chi connectivity index (χ2v) is 6.88. The Balaban J connectivity index is 2.21. The Morgan fingerprint density at radius 1 is 1.19 bits per heavy atom. The second-order valence-electron chi connectivity index (χ2n) is 6.88. The highest BCUT2D eigenvalue weighted by Gasteiger charge is 2.29. The Kier molecular flexibility index (Phi) is 6.37. The van der Waals surface area contributed by atoms with Crippen LogP contribution in [0.3, 0.4) is 0 Å². The van der Waals surface area contributed by atoms with Crippen molar-refractivity contribution >= 4 is 11.8 Å². The summed E-state index contributed by atoms with van der Waals surface area (Å²) in [5.74, 6) is -0.377. The van der Waals surface area contributed by atoms with Crippen molar-refractivity contribution in [3.8, 4) is 0 Å². The fourth-order valence-corrected chi connectivity index (χ4v) is 3.21. The summed E-state index contributed by atoms with van der Waals surface area (Å²) in [6.45, 7) is 10.5. The summed E-state index contributed by atoms with van der Waals surface area (Å²) < 4.78 is 5.11. The molecule has 0 fully saturated rings. The first-order valence-electron chi connectivity index (χ1n) is 9.05. The molecular weight excluding hydrogens is 328 g/mol. The van der Waals surface area contributed by atoms with Crippen LogP contribution in [0.5, 0.6) is 0 Å². The highest BCUT2D eigenvalue weighted by atomic mass is 16.5. The first-order valence-corrected chi connectivity index (χ1v) is 9.05. The number of ether oxygens (including phenoxy) is 1. The van der Waals surface area contributed by atoms with Crippen molar-refractivity contribution in [2.75, 3.05) is 13.7 Å². The van der Waals surface area contributed by atoms with E-state index in [1.165, 1.54) is 11.1 Å². The van der Waals surface area contributed by atoms with Gasteiger partial charge in [-0.05, 0) is 45.7 Å². The van der Waals surface area contributed by atoms with Gasteiger partial charge in [-0.25, -0.2) is 4.79 Å².